The quantitative estimate of drug-likeness (QED) is 0.624. The van der Waals surface area contributed by atoms with E-state index in [0.29, 0.717) is 6.42 Å². The Morgan fingerprint density at radius 1 is 1.58 bits per heavy atom. The summed E-state index contributed by atoms with van der Waals surface area (Å²) in [7, 11) is 1.64. The molecule has 0 atom stereocenters. The first-order valence-electron chi connectivity index (χ1n) is 4.26. The summed E-state index contributed by atoms with van der Waals surface area (Å²) in [5, 5.41) is 2.58. The standard InChI is InChI=1S/C10H17NO/c1-4-6-7-9(5-2)8-10(12)11-3/h5,7H,2,4,6,8H2,1,3H3,(H,11,12)/b9-7+. The van der Waals surface area contributed by atoms with Crippen molar-refractivity contribution in [3.05, 3.63) is 24.3 Å². The second kappa shape index (κ2) is 6.65. The van der Waals surface area contributed by atoms with E-state index in [2.05, 4.69) is 24.9 Å². The van der Waals surface area contributed by atoms with Crippen molar-refractivity contribution in [3.63, 3.8) is 0 Å². The largest absolute Gasteiger partial charge is 0.359 e. The van der Waals surface area contributed by atoms with E-state index in [4.69, 9.17) is 0 Å². The molecule has 0 unspecified atom stereocenters. The lowest BCUT2D eigenvalue weighted by atomic mass is 10.1. The van der Waals surface area contributed by atoms with Crippen LogP contribution in [0, 0.1) is 0 Å². The van der Waals surface area contributed by atoms with E-state index in [1.165, 1.54) is 0 Å². The van der Waals surface area contributed by atoms with Crippen molar-refractivity contribution in [2.75, 3.05) is 7.05 Å². The molecular formula is C10H17NO. The highest BCUT2D eigenvalue weighted by Gasteiger charge is 1.98. The number of unbranched alkanes of at least 4 members (excludes halogenated alkanes) is 1. The molecule has 0 spiro atoms. The maximum atomic E-state index is 10.9. The molecule has 2 nitrogen and oxygen atoms in total. The Hall–Kier alpha value is -1.05. The summed E-state index contributed by atoms with van der Waals surface area (Å²) >= 11 is 0. The fraction of sp³-hybridized carbons (Fsp3) is 0.500. The third-order valence-electron chi connectivity index (χ3n) is 1.60. The van der Waals surface area contributed by atoms with Crippen molar-refractivity contribution in [2.24, 2.45) is 0 Å². The molecular weight excluding hydrogens is 150 g/mol. The number of allylic oxidation sites excluding steroid dienone is 2. The van der Waals surface area contributed by atoms with Crippen molar-refractivity contribution in [1.29, 1.82) is 0 Å². The SMILES string of the molecule is C=C/C(=C\CCC)CC(=O)NC. The normalized spacial score (nSPS) is 11.0. The Balaban J connectivity index is 3.98. The number of nitrogens with one attached hydrogen (secondary N) is 1. The highest BCUT2D eigenvalue weighted by Crippen LogP contribution is 2.04. The molecule has 0 aliphatic heterocycles. The van der Waals surface area contributed by atoms with Gasteiger partial charge in [-0.1, -0.05) is 32.1 Å². The summed E-state index contributed by atoms with van der Waals surface area (Å²) in [5.74, 6) is 0.0391. The second-order valence-electron chi connectivity index (χ2n) is 2.62. The molecule has 0 aromatic rings. The lowest BCUT2D eigenvalue weighted by molar-refractivity contribution is -0.119. The van der Waals surface area contributed by atoms with Gasteiger partial charge in [-0.25, -0.2) is 0 Å². The van der Waals surface area contributed by atoms with Crippen molar-refractivity contribution >= 4 is 5.91 Å². The van der Waals surface area contributed by atoms with E-state index in [0.717, 1.165) is 18.4 Å². The smallest absolute Gasteiger partial charge is 0.224 e. The third-order valence-corrected chi connectivity index (χ3v) is 1.60. The van der Waals surface area contributed by atoms with Gasteiger partial charge in [0.25, 0.3) is 0 Å². The summed E-state index contributed by atoms with van der Waals surface area (Å²) in [6, 6.07) is 0. The van der Waals surface area contributed by atoms with Crippen molar-refractivity contribution in [2.45, 2.75) is 26.2 Å². The van der Waals surface area contributed by atoms with E-state index in [9.17, 15) is 4.79 Å². The number of hydrogen-bond donors (Lipinski definition) is 1. The molecule has 0 aromatic carbocycles. The molecule has 0 aliphatic rings. The second-order valence-corrected chi connectivity index (χ2v) is 2.62. The molecule has 0 saturated heterocycles. The Morgan fingerprint density at radius 2 is 2.25 bits per heavy atom. The first-order valence-corrected chi connectivity index (χ1v) is 4.26. The van der Waals surface area contributed by atoms with Gasteiger partial charge < -0.3 is 5.32 Å². The van der Waals surface area contributed by atoms with E-state index >= 15 is 0 Å². The van der Waals surface area contributed by atoms with Crippen LogP contribution in [0.2, 0.25) is 0 Å². The summed E-state index contributed by atoms with van der Waals surface area (Å²) in [6.07, 6.45) is 6.36. The third kappa shape index (κ3) is 4.72. The monoisotopic (exact) mass is 167 g/mol. The van der Waals surface area contributed by atoms with Gasteiger partial charge in [0.2, 0.25) is 5.91 Å². The number of rotatable bonds is 5. The van der Waals surface area contributed by atoms with E-state index < -0.39 is 0 Å². The molecule has 0 aliphatic carbocycles. The Kier molecular flexibility index (Phi) is 6.07. The van der Waals surface area contributed by atoms with Crippen LogP contribution in [0.3, 0.4) is 0 Å². The van der Waals surface area contributed by atoms with Gasteiger partial charge in [0.05, 0.1) is 6.42 Å². The maximum absolute atomic E-state index is 10.9. The average molecular weight is 167 g/mol. The van der Waals surface area contributed by atoms with Crippen molar-refractivity contribution in [1.82, 2.24) is 5.32 Å². The van der Waals surface area contributed by atoms with E-state index in [-0.39, 0.29) is 5.91 Å². The molecule has 0 rings (SSSR count). The Bertz CT molecular complexity index is 182. The first-order chi connectivity index (χ1) is 5.74. The van der Waals surface area contributed by atoms with Crippen molar-refractivity contribution in [3.8, 4) is 0 Å². The molecule has 0 heterocycles. The van der Waals surface area contributed by atoms with Gasteiger partial charge in [-0.2, -0.15) is 0 Å². The van der Waals surface area contributed by atoms with Crippen LogP contribution in [0.25, 0.3) is 0 Å². The summed E-state index contributed by atoms with van der Waals surface area (Å²) in [5.41, 5.74) is 1.01. The summed E-state index contributed by atoms with van der Waals surface area (Å²) < 4.78 is 0. The predicted octanol–water partition coefficient (Wildman–Crippen LogP) is 2.04. The van der Waals surface area contributed by atoms with Crippen LogP contribution in [0.15, 0.2) is 24.3 Å². The molecule has 0 fully saturated rings. The zero-order chi connectivity index (χ0) is 9.40. The zero-order valence-electron chi connectivity index (χ0n) is 7.89. The minimum absolute atomic E-state index is 0.0391. The van der Waals surface area contributed by atoms with Gasteiger partial charge in [-0.15, -0.1) is 0 Å². The van der Waals surface area contributed by atoms with Gasteiger partial charge in [-0.3, -0.25) is 4.79 Å². The molecule has 0 saturated carbocycles. The Labute approximate surface area is 74.4 Å². The van der Waals surface area contributed by atoms with Gasteiger partial charge in [-0.05, 0) is 12.0 Å². The first kappa shape index (κ1) is 11.0. The minimum atomic E-state index is 0.0391. The predicted molar refractivity (Wildman–Crippen MR) is 51.9 cm³/mol. The Morgan fingerprint density at radius 3 is 2.67 bits per heavy atom. The van der Waals surface area contributed by atoms with Crippen LogP contribution >= 0.6 is 0 Å². The molecule has 1 N–H and O–H groups in total. The van der Waals surface area contributed by atoms with E-state index in [1.54, 1.807) is 13.1 Å². The summed E-state index contributed by atoms with van der Waals surface area (Å²) in [4.78, 5) is 10.9. The van der Waals surface area contributed by atoms with Crippen LogP contribution in [-0.4, -0.2) is 13.0 Å². The van der Waals surface area contributed by atoms with E-state index in [1.807, 2.05) is 0 Å². The van der Waals surface area contributed by atoms with Gasteiger partial charge in [0, 0.05) is 7.05 Å². The van der Waals surface area contributed by atoms with Crippen LogP contribution in [-0.2, 0) is 4.79 Å². The number of carbonyl (C=O) groups excluding carboxylic acids is 1. The molecule has 0 bridgehead atoms. The van der Waals surface area contributed by atoms with Crippen LogP contribution < -0.4 is 5.32 Å². The van der Waals surface area contributed by atoms with Gasteiger partial charge in [0.1, 0.15) is 0 Å². The lowest BCUT2D eigenvalue weighted by Crippen LogP contribution is -2.17. The number of carbonyl (C=O) groups is 1. The fourth-order valence-corrected chi connectivity index (χ4v) is 0.831. The summed E-state index contributed by atoms with van der Waals surface area (Å²) in [6.45, 7) is 5.76. The zero-order valence-corrected chi connectivity index (χ0v) is 7.89. The minimum Gasteiger partial charge on any atom is -0.359 e. The molecule has 2 heteroatoms. The van der Waals surface area contributed by atoms with Crippen LogP contribution in [0.1, 0.15) is 26.2 Å². The van der Waals surface area contributed by atoms with Gasteiger partial charge >= 0.3 is 0 Å². The van der Waals surface area contributed by atoms with Crippen LogP contribution in [0.5, 0.6) is 0 Å². The maximum Gasteiger partial charge on any atom is 0.224 e. The number of amides is 1. The molecule has 1 amide bonds. The van der Waals surface area contributed by atoms with Crippen molar-refractivity contribution < 1.29 is 4.79 Å². The lowest BCUT2D eigenvalue weighted by Gasteiger charge is -2.00. The topological polar surface area (TPSA) is 29.1 Å². The molecule has 12 heavy (non-hydrogen) atoms. The molecule has 0 radical (unpaired) electrons. The average Bonchev–Trinajstić information content (AvgIpc) is 2.11. The fourth-order valence-electron chi connectivity index (χ4n) is 0.831. The molecule has 68 valence electrons. The van der Waals surface area contributed by atoms with Gasteiger partial charge in [0.15, 0.2) is 0 Å². The number of hydrogen-bond acceptors (Lipinski definition) is 1. The highest BCUT2D eigenvalue weighted by molar-refractivity contribution is 5.78. The highest BCUT2D eigenvalue weighted by atomic mass is 16.1. The van der Waals surface area contributed by atoms with Crippen LogP contribution in [0.4, 0.5) is 0 Å². The molecule has 0 aromatic heterocycles.